The van der Waals surface area contributed by atoms with Crippen molar-refractivity contribution >= 4 is 35.6 Å². The van der Waals surface area contributed by atoms with Crippen LogP contribution >= 0.6 is 11.8 Å². The predicted octanol–water partition coefficient (Wildman–Crippen LogP) is 7.86. The number of esters is 1. The molecule has 2 aromatic rings. The highest BCUT2D eigenvalue weighted by atomic mass is 32.2. The number of nitrogens with one attached hydrogen (secondary N) is 2. The molecule has 0 saturated heterocycles. The first kappa shape index (κ1) is 42.6. The molecule has 0 aliphatic heterocycles. The molecule has 0 spiro atoms. The van der Waals surface area contributed by atoms with E-state index in [1.54, 1.807) is 58.2 Å². The van der Waals surface area contributed by atoms with Crippen molar-refractivity contribution in [3.8, 4) is 0 Å². The first-order valence-corrected chi connectivity index (χ1v) is 19.3. The van der Waals surface area contributed by atoms with Gasteiger partial charge in [-0.1, -0.05) is 81.1 Å². The van der Waals surface area contributed by atoms with Crippen molar-refractivity contribution in [2.45, 2.75) is 137 Å². The van der Waals surface area contributed by atoms with Gasteiger partial charge in [-0.25, -0.2) is 9.59 Å². The molecule has 0 heterocycles. The van der Waals surface area contributed by atoms with E-state index < -0.39 is 47.3 Å². The minimum Gasteiger partial charge on any atom is -0.458 e. The van der Waals surface area contributed by atoms with Gasteiger partial charge in [-0.2, -0.15) is 11.8 Å². The van der Waals surface area contributed by atoms with Crippen molar-refractivity contribution in [1.82, 2.24) is 15.5 Å². The number of amides is 3. The lowest BCUT2D eigenvalue weighted by Crippen LogP contribution is -2.55. The Bertz CT molecular complexity index is 1370. The van der Waals surface area contributed by atoms with Crippen molar-refractivity contribution < 1.29 is 28.7 Å². The molecular weight excluding hydrogens is 651 g/mol. The van der Waals surface area contributed by atoms with E-state index in [0.717, 1.165) is 42.4 Å². The number of carbonyl (C=O) groups is 4. The highest BCUT2D eigenvalue weighted by Crippen LogP contribution is 2.30. The number of hydrogen-bond acceptors (Lipinski definition) is 7. The van der Waals surface area contributed by atoms with E-state index in [0.29, 0.717) is 24.2 Å². The Morgan fingerprint density at radius 2 is 1.38 bits per heavy atom. The molecule has 3 atom stereocenters. The lowest BCUT2D eigenvalue weighted by atomic mass is 9.92. The standard InChI is InChI=1S/C40H61N3O6S/c1-11-12-13-14-18-25-43(36(45)31(24-26-50-10)42-38(47)49-40(7,8)9)34(33-28(2)20-19-21-29(33)3)35(44)41-32(37(46)48-39(4,5)6)27-30-22-16-15-17-23-30/h15-17,19-23,31-32,34H,11-14,18,24-27H2,1-10H3,(H,41,44)(H,42,47). The maximum absolute atomic E-state index is 14.8. The van der Waals surface area contributed by atoms with Crippen LogP contribution in [0.1, 0.15) is 115 Å². The van der Waals surface area contributed by atoms with Crippen LogP contribution in [0, 0.1) is 13.8 Å². The second-order valence-electron chi connectivity index (χ2n) is 14.9. The first-order chi connectivity index (χ1) is 23.5. The molecule has 0 aliphatic rings. The Morgan fingerprint density at radius 3 is 1.94 bits per heavy atom. The fourth-order valence-electron chi connectivity index (χ4n) is 5.75. The molecule has 0 aromatic heterocycles. The van der Waals surface area contributed by atoms with Gasteiger partial charge in [0.1, 0.15) is 29.3 Å². The summed E-state index contributed by atoms with van der Waals surface area (Å²) in [6.07, 6.45) is 6.50. The molecular formula is C40H61N3O6S. The van der Waals surface area contributed by atoms with Crippen molar-refractivity contribution in [1.29, 1.82) is 0 Å². The number of rotatable bonds is 18. The Hall–Kier alpha value is -3.53. The maximum Gasteiger partial charge on any atom is 0.408 e. The number of nitrogens with zero attached hydrogens (tertiary/aromatic N) is 1. The van der Waals surface area contributed by atoms with Crippen LogP contribution in [-0.4, -0.2) is 70.6 Å². The van der Waals surface area contributed by atoms with Crippen LogP contribution in [0.2, 0.25) is 0 Å². The third-order valence-corrected chi connectivity index (χ3v) is 8.70. The highest BCUT2D eigenvalue weighted by molar-refractivity contribution is 7.98. The third kappa shape index (κ3) is 14.8. The quantitative estimate of drug-likeness (QED) is 0.120. The Morgan fingerprint density at radius 1 is 0.780 bits per heavy atom. The van der Waals surface area contributed by atoms with Crippen LogP contribution in [0.25, 0.3) is 0 Å². The van der Waals surface area contributed by atoms with Crippen LogP contribution in [0.3, 0.4) is 0 Å². The number of aryl methyl sites for hydroxylation is 2. The second-order valence-corrected chi connectivity index (χ2v) is 15.9. The molecule has 0 bridgehead atoms. The Kier molecular flexibility index (Phi) is 17.4. The van der Waals surface area contributed by atoms with Gasteiger partial charge in [-0.3, -0.25) is 9.59 Å². The Labute approximate surface area is 305 Å². The van der Waals surface area contributed by atoms with Gasteiger partial charge in [-0.05, 0) is 102 Å². The lowest BCUT2D eigenvalue weighted by Gasteiger charge is -2.36. The van der Waals surface area contributed by atoms with Crippen LogP contribution in [0.5, 0.6) is 0 Å². The molecule has 50 heavy (non-hydrogen) atoms. The van der Waals surface area contributed by atoms with Crippen molar-refractivity contribution in [2.24, 2.45) is 0 Å². The fraction of sp³-hybridized carbons (Fsp3) is 0.600. The zero-order chi connectivity index (χ0) is 37.5. The van der Waals surface area contributed by atoms with Gasteiger partial charge in [0.2, 0.25) is 11.8 Å². The third-order valence-electron chi connectivity index (χ3n) is 8.05. The topological polar surface area (TPSA) is 114 Å². The van der Waals surface area contributed by atoms with E-state index in [1.165, 1.54) is 0 Å². The zero-order valence-corrected chi connectivity index (χ0v) is 32.8. The molecule has 2 aromatic carbocycles. The predicted molar refractivity (Wildman–Crippen MR) is 203 cm³/mol. The summed E-state index contributed by atoms with van der Waals surface area (Å²) in [5, 5.41) is 5.84. The molecule has 9 nitrogen and oxygen atoms in total. The lowest BCUT2D eigenvalue weighted by molar-refractivity contribution is -0.159. The van der Waals surface area contributed by atoms with E-state index in [1.807, 2.05) is 68.6 Å². The number of alkyl carbamates (subject to hydrolysis) is 1. The fourth-order valence-corrected chi connectivity index (χ4v) is 6.22. The number of ether oxygens (including phenoxy) is 2. The zero-order valence-electron chi connectivity index (χ0n) is 32.0. The minimum absolute atomic E-state index is 0.211. The first-order valence-electron chi connectivity index (χ1n) is 17.9. The van der Waals surface area contributed by atoms with Crippen molar-refractivity contribution in [2.75, 3.05) is 18.6 Å². The molecule has 2 rings (SSSR count). The van der Waals surface area contributed by atoms with Crippen LogP contribution in [0.4, 0.5) is 4.79 Å². The molecule has 278 valence electrons. The summed E-state index contributed by atoms with van der Waals surface area (Å²) in [6.45, 7) is 17.0. The van der Waals surface area contributed by atoms with Crippen molar-refractivity contribution in [3.05, 3.63) is 70.8 Å². The summed E-state index contributed by atoms with van der Waals surface area (Å²) in [7, 11) is 0. The normalized spacial score (nSPS) is 13.5. The summed E-state index contributed by atoms with van der Waals surface area (Å²) in [6, 6.07) is 12.2. The number of benzene rings is 2. The highest BCUT2D eigenvalue weighted by Gasteiger charge is 2.39. The smallest absolute Gasteiger partial charge is 0.408 e. The molecule has 0 radical (unpaired) electrons. The average molecular weight is 712 g/mol. The SMILES string of the molecule is CCCCCCCN(C(=O)C(CCSC)NC(=O)OC(C)(C)C)C(C(=O)NC(Cc1ccccc1)C(=O)OC(C)(C)C)c1c(C)cccc1C. The van der Waals surface area contributed by atoms with Crippen LogP contribution in [0.15, 0.2) is 48.5 Å². The summed E-state index contributed by atoms with van der Waals surface area (Å²) < 4.78 is 11.3. The van der Waals surface area contributed by atoms with Gasteiger partial charge in [-0.15, -0.1) is 0 Å². The van der Waals surface area contributed by atoms with Crippen LogP contribution < -0.4 is 10.6 Å². The number of carbonyl (C=O) groups excluding carboxylic acids is 4. The molecule has 3 unspecified atom stereocenters. The Balaban J connectivity index is 2.69. The van der Waals surface area contributed by atoms with Gasteiger partial charge < -0.3 is 25.0 Å². The monoisotopic (exact) mass is 711 g/mol. The minimum atomic E-state index is -1.08. The molecule has 2 N–H and O–H groups in total. The van der Waals surface area contributed by atoms with E-state index in [4.69, 9.17) is 9.47 Å². The number of thioether (sulfide) groups is 1. The second kappa shape index (κ2) is 20.4. The maximum atomic E-state index is 14.8. The van der Waals surface area contributed by atoms with Gasteiger partial charge in [0.25, 0.3) is 0 Å². The van der Waals surface area contributed by atoms with E-state index >= 15 is 0 Å². The van der Waals surface area contributed by atoms with Crippen LogP contribution in [-0.2, 0) is 30.3 Å². The summed E-state index contributed by atoms with van der Waals surface area (Å²) in [5.74, 6) is -0.817. The number of unbranched alkanes of at least 4 members (excludes halogenated alkanes) is 4. The summed E-state index contributed by atoms with van der Waals surface area (Å²) in [4.78, 5) is 57.9. The van der Waals surface area contributed by atoms with Gasteiger partial charge in [0.05, 0.1) is 0 Å². The average Bonchev–Trinajstić information content (AvgIpc) is 3.01. The largest absolute Gasteiger partial charge is 0.458 e. The van der Waals surface area contributed by atoms with Crippen molar-refractivity contribution in [3.63, 3.8) is 0 Å². The molecule has 0 aliphatic carbocycles. The molecule has 0 fully saturated rings. The molecule has 3 amide bonds. The molecule has 0 saturated carbocycles. The van der Waals surface area contributed by atoms with Gasteiger partial charge in [0, 0.05) is 13.0 Å². The van der Waals surface area contributed by atoms with E-state index in [-0.39, 0.29) is 18.9 Å². The molecule has 10 heteroatoms. The van der Waals surface area contributed by atoms with Gasteiger partial charge in [0.15, 0.2) is 0 Å². The van der Waals surface area contributed by atoms with E-state index in [9.17, 15) is 19.2 Å². The summed E-state index contributed by atoms with van der Waals surface area (Å²) in [5.41, 5.74) is 1.69. The summed E-state index contributed by atoms with van der Waals surface area (Å²) >= 11 is 1.57. The van der Waals surface area contributed by atoms with E-state index in [2.05, 4.69) is 17.6 Å². The van der Waals surface area contributed by atoms with Gasteiger partial charge >= 0.3 is 12.1 Å². The number of hydrogen-bond donors (Lipinski definition) is 2.